The number of rotatable bonds is 8. The largest absolute Gasteiger partial charge is 0.466 e. The first-order valence-corrected chi connectivity index (χ1v) is 7.06. The average molecular weight is 280 g/mol. The molecule has 0 bridgehead atoms. The van der Waals surface area contributed by atoms with Gasteiger partial charge in [-0.05, 0) is 24.5 Å². The zero-order chi connectivity index (χ0) is 15.0. The van der Waals surface area contributed by atoms with E-state index in [4.69, 9.17) is 9.47 Å². The lowest BCUT2D eigenvalue weighted by Crippen LogP contribution is -2.24. The molecule has 0 saturated carbocycles. The van der Waals surface area contributed by atoms with Crippen LogP contribution in [0.5, 0.6) is 0 Å². The lowest BCUT2D eigenvalue weighted by atomic mass is 9.91. The third-order valence-corrected chi connectivity index (χ3v) is 3.17. The number of ether oxygens (including phenoxy) is 2. The van der Waals surface area contributed by atoms with E-state index in [9.17, 15) is 9.90 Å². The summed E-state index contributed by atoms with van der Waals surface area (Å²) in [6.07, 6.45) is 0.582. The summed E-state index contributed by atoms with van der Waals surface area (Å²) in [5.74, 6) is -0.850. The summed E-state index contributed by atoms with van der Waals surface area (Å²) >= 11 is 0. The molecule has 1 aromatic rings. The van der Waals surface area contributed by atoms with Crippen LogP contribution >= 0.6 is 0 Å². The van der Waals surface area contributed by atoms with E-state index in [0.717, 1.165) is 17.5 Å². The van der Waals surface area contributed by atoms with Crippen molar-refractivity contribution >= 4 is 5.97 Å². The number of hydrogen-bond acceptors (Lipinski definition) is 4. The van der Waals surface area contributed by atoms with Crippen molar-refractivity contribution in [3.05, 3.63) is 35.4 Å². The molecular formula is C16H24O4. The number of benzene rings is 1. The van der Waals surface area contributed by atoms with Crippen LogP contribution in [0.2, 0.25) is 0 Å². The van der Waals surface area contributed by atoms with E-state index in [1.807, 2.05) is 31.2 Å². The first kappa shape index (κ1) is 16.7. The summed E-state index contributed by atoms with van der Waals surface area (Å²) in [4.78, 5) is 12.0. The van der Waals surface area contributed by atoms with Crippen molar-refractivity contribution in [2.45, 2.75) is 39.4 Å². The van der Waals surface area contributed by atoms with E-state index >= 15 is 0 Å². The van der Waals surface area contributed by atoms with E-state index < -0.39 is 12.0 Å². The van der Waals surface area contributed by atoms with Gasteiger partial charge < -0.3 is 14.6 Å². The van der Waals surface area contributed by atoms with Crippen LogP contribution in [-0.4, -0.2) is 24.8 Å². The third kappa shape index (κ3) is 4.62. The molecular weight excluding hydrogens is 256 g/mol. The van der Waals surface area contributed by atoms with Crippen LogP contribution in [0.15, 0.2) is 24.3 Å². The SMILES string of the molecule is CCCC(C(=O)OCC)C(O)c1cccc(COC)c1. The van der Waals surface area contributed by atoms with Crippen LogP contribution < -0.4 is 0 Å². The zero-order valence-corrected chi connectivity index (χ0v) is 12.5. The molecule has 0 aromatic heterocycles. The van der Waals surface area contributed by atoms with Gasteiger partial charge in [-0.1, -0.05) is 37.6 Å². The Hall–Kier alpha value is -1.39. The maximum absolute atomic E-state index is 12.0. The molecule has 0 aliphatic carbocycles. The van der Waals surface area contributed by atoms with Crippen molar-refractivity contribution in [2.24, 2.45) is 5.92 Å². The number of hydrogen-bond donors (Lipinski definition) is 1. The van der Waals surface area contributed by atoms with Gasteiger partial charge in [-0.25, -0.2) is 0 Å². The third-order valence-electron chi connectivity index (χ3n) is 3.17. The maximum atomic E-state index is 12.0. The standard InChI is InChI=1S/C16H24O4/c1-4-7-14(16(18)20-5-2)15(17)13-9-6-8-12(10-13)11-19-3/h6,8-10,14-15,17H,4-5,7,11H2,1-3H3. The molecule has 0 saturated heterocycles. The molecule has 112 valence electrons. The van der Waals surface area contributed by atoms with Gasteiger partial charge in [-0.2, -0.15) is 0 Å². The summed E-state index contributed by atoms with van der Waals surface area (Å²) in [7, 11) is 1.63. The van der Waals surface area contributed by atoms with Gasteiger partial charge in [-0.3, -0.25) is 4.79 Å². The normalized spacial score (nSPS) is 13.8. The van der Waals surface area contributed by atoms with Crippen LogP contribution in [0.3, 0.4) is 0 Å². The Morgan fingerprint density at radius 3 is 2.70 bits per heavy atom. The van der Waals surface area contributed by atoms with Crippen LogP contribution in [0.25, 0.3) is 0 Å². The number of aliphatic hydroxyl groups is 1. The lowest BCUT2D eigenvalue weighted by Gasteiger charge is -2.21. The van der Waals surface area contributed by atoms with E-state index in [-0.39, 0.29) is 5.97 Å². The van der Waals surface area contributed by atoms with Gasteiger partial charge in [0.15, 0.2) is 0 Å². The van der Waals surface area contributed by atoms with E-state index in [1.165, 1.54) is 0 Å². The second-order valence-electron chi connectivity index (χ2n) is 4.77. The number of esters is 1. The summed E-state index contributed by atoms with van der Waals surface area (Å²) in [5, 5.41) is 10.5. The van der Waals surface area contributed by atoms with E-state index in [1.54, 1.807) is 14.0 Å². The topological polar surface area (TPSA) is 55.8 Å². The van der Waals surface area contributed by atoms with Gasteiger partial charge in [0.25, 0.3) is 0 Å². The quantitative estimate of drug-likeness (QED) is 0.744. The number of carbonyl (C=O) groups excluding carboxylic acids is 1. The minimum Gasteiger partial charge on any atom is -0.466 e. The van der Waals surface area contributed by atoms with Crippen molar-refractivity contribution in [3.63, 3.8) is 0 Å². The Morgan fingerprint density at radius 2 is 2.10 bits per heavy atom. The highest BCUT2D eigenvalue weighted by Crippen LogP contribution is 2.27. The first-order chi connectivity index (χ1) is 9.63. The summed E-state index contributed by atoms with van der Waals surface area (Å²) in [5.41, 5.74) is 1.70. The molecule has 20 heavy (non-hydrogen) atoms. The van der Waals surface area contributed by atoms with Gasteiger partial charge in [0, 0.05) is 7.11 Å². The Bertz CT molecular complexity index is 417. The smallest absolute Gasteiger partial charge is 0.311 e. The Morgan fingerprint density at radius 1 is 1.35 bits per heavy atom. The predicted octanol–water partition coefficient (Wildman–Crippen LogP) is 2.85. The lowest BCUT2D eigenvalue weighted by molar-refractivity contribution is -0.152. The second-order valence-corrected chi connectivity index (χ2v) is 4.77. The van der Waals surface area contributed by atoms with E-state index in [2.05, 4.69) is 0 Å². The minimum atomic E-state index is -0.842. The van der Waals surface area contributed by atoms with Crippen molar-refractivity contribution in [2.75, 3.05) is 13.7 Å². The molecule has 0 radical (unpaired) electrons. The van der Waals surface area contributed by atoms with Gasteiger partial charge >= 0.3 is 5.97 Å². The number of carbonyl (C=O) groups is 1. The van der Waals surface area contributed by atoms with Gasteiger partial charge in [0.1, 0.15) is 0 Å². The molecule has 0 heterocycles. The van der Waals surface area contributed by atoms with Crippen molar-refractivity contribution < 1.29 is 19.4 Å². The van der Waals surface area contributed by atoms with Crippen LogP contribution in [0, 0.1) is 5.92 Å². The molecule has 0 amide bonds. The second kappa shape index (κ2) is 8.72. The van der Waals surface area contributed by atoms with Gasteiger partial charge in [0.2, 0.25) is 0 Å². The fraction of sp³-hybridized carbons (Fsp3) is 0.562. The summed E-state index contributed by atoms with van der Waals surface area (Å²) < 4.78 is 10.1. The highest BCUT2D eigenvalue weighted by atomic mass is 16.5. The van der Waals surface area contributed by atoms with Gasteiger partial charge in [-0.15, -0.1) is 0 Å². The molecule has 2 atom stereocenters. The number of aliphatic hydroxyl groups excluding tert-OH is 1. The molecule has 0 spiro atoms. The Labute approximate surface area is 120 Å². The molecule has 0 aliphatic heterocycles. The van der Waals surface area contributed by atoms with Crippen molar-refractivity contribution in [1.29, 1.82) is 0 Å². The van der Waals surface area contributed by atoms with Crippen molar-refractivity contribution in [1.82, 2.24) is 0 Å². The Balaban J connectivity index is 2.90. The van der Waals surface area contributed by atoms with Crippen molar-refractivity contribution in [3.8, 4) is 0 Å². The zero-order valence-electron chi connectivity index (χ0n) is 12.5. The predicted molar refractivity (Wildman–Crippen MR) is 77.1 cm³/mol. The van der Waals surface area contributed by atoms with E-state index in [0.29, 0.717) is 19.6 Å². The average Bonchev–Trinajstić information content (AvgIpc) is 2.45. The molecule has 0 aliphatic rings. The molecule has 4 nitrogen and oxygen atoms in total. The first-order valence-electron chi connectivity index (χ1n) is 7.06. The maximum Gasteiger partial charge on any atom is 0.311 e. The Kier molecular flexibility index (Phi) is 7.26. The fourth-order valence-corrected chi connectivity index (χ4v) is 2.23. The van der Waals surface area contributed by atoms with Crippen LogP contribution in [0.4, 0.5) is 0 Å². The molecule has 0 fully saturated rings. The molecule has 4 heteroatoms. The highest BCUT2D eigenvalue weighted by Gasteiger charge is 2.28. The molecule has 1 rings (SSSR count). The minimum absolute atomic E-state index is 0.329. The molecule has 1 aromatic carbocycles. The number of methoxy groups -OCH3 is 1. The summed E-state index contributed by atoms with van der Waals surface area (Å²) in [6.45, 7) is 4.57. The fourth-order valence-electron chi connectivity index (χ4n) is 2.23. The molecule has 2 unspecified atom stereocenters. The highest BCUT2D eigenvalue weighted by molar-refractivity contribution is 5.73. The van der Waals surface area contributed by atoms with Crippen LogP contribution in [0.1, 0.15) is 43.9 Å². The summed E-state index contributed by atoms with van der Waals surface area (Å²) in [6, 6.07) is 7.49. The van der Waals surface area contributed by atoms with Gasteiger partial charge in [0.05, 0.1) is 25.2 Å². The molecule has 1 N–H and O–H groups in total. The monoisotopic (exact) mass is 280 g/mol. The van der Waals surface area contributed by atoms with Crippen LogP contribution in [-0.2, 0) is 20.9 Å².